The van der Waals surface area contributed by atoms with Gasteiger partial charge in [-0.2, -0.15) is 0 Å². The van der Waals surface area contributed by atoms with Crippen LogP contribution in [-0.2, 0) is 0 Å². The van der Waals surface area contributed by atoms with E-state index in [0.717, 1.165) is 66.4 Å². The maximum atomic E-state index is 10.3. The van der Waals surface area contributed by atoms with E-state index in [1.54, 1.807) is 0 Å². The van der Waals surface area contributed by atoms with Crippen molar-refractivity contribution in [3.8, 4) is 0 Å². The first-order valence-electron chi connectivity index (χ1n) is 13.3. The molecule has 164 valence electrons. The van der Waals surface area contributed by atoms with Crippen LogP contribution in [-0.4, -0.2) is 34.7 Å². The predicted molar refractivity (Wildman–Crippen MR) is 118 cm³/mol. The second-order valence-corrected chi connectivity index (χ2v) is 13.3. The molecule has 0 bridgehead atoms. The van der Waals surface area contributed by atoms with Crippen molar-refractivity contribution < 1.29 is 5.11 Å². The van der Waals surface area contributed by atoms with Gasteiger partial charge in [-0.3, -0.25) is 4.90 Å². The van der Waals surface area contributed by atoms with Gasteiger partial charge in [0.1, 0.15) is 0 Å². The van der Waals surface area contributed by atoms with Gasteiger partial charge in [-0.05, 0) is 116 Å². The van der Waals surface area contributed by atoms with Crippen LogP contribution in [0.5, 0.6) is 0 Å². The molecule has 2 aliphatic heterocycles. The molecule has 6 fully saturated rings. The Morgan fingerprint density at radius 3 is 2.41 bits per heavy atom. The number of hydrogen-bond acceptors (Lipinski definition) is 2. The number of rotatable bonds is 0. The Labute approximate surface area is 179 Å². The van der Waals surface area contributed by atoms with E-state index in [2.05, 4.69) is 32.6 Å². The molecule has 0 aromatic carbocycles. The summed E-state index contributed by atoms with van der Waals surface area (Å²) in [7, 11) is 0. The number of aliphatic hydroxyl groups is 1. The molecule has 0 amide bonds. The van der Waals surface area contributed by atoms with E-state index in [-0.39, 0.29) is 6.10 Å². The minimum Gasteiger partial charge on any atom is -0.393 e. The van der Waals surface area contributed by atoms with E-state index in [9.17, 15) is 5.11 Å². The first-order chi connectivity index (χ1) is 13.8. The molecule has 6 rings (SSSR count). The largest absolute Gasteiger partial charge is 0.393 e. The molecule has 29 heavy (non-hydrogen) atoms. The lowest BCUT2D eigenvalue weighted by Gasteiger charge is -2.61. The Morgan fingerprint density at radius 1 is 0.793 bits per heavy atom. The monoisotopic (exact) mass is 399 g/mol. The molecular formula is C27H45NO. The van der Waals surface area contributed by atoms with Gasteiger partial charge in [0.15, 0.2) is 0 Å². The fraction of sp³-hybridized carbons (Fsp3) is 1.00. The highest BCUT2D eigenvalue weighted by Crippen LogP contribution is 2.70. The van der Waals surface area contributed by atoms with E-state index < -0.39 is 0 Å². The predicted octanol–water partition coefficient (Wildman–Crippen LogP) is 5.73. The molecule has 4 saturated carbocycles. The summed E-state index contributed by atoms with van der Waals surface area (Å²) in [6.45, 7) is 11.9. The third-order valence-electron chi connectivity index (χ3n) is 12.3. The first-order valence-corrected chi connectivity index (χ1v) is 13.3. The van der Waals surface area contributed by atoms with Gasteiger partial charge in [-0.25, -0.2) is 0 Å². The van der Waals surface area contributed by atoms with Gasteiger partial charge in [0.2, 0.25) is 0 Å². The standard InChI is InChI=1S/C27H45NO/c1-16-5-8-23-17(2)25-24(28(23)15-16)14-22-20-7-6-18-13-19(29)9-11-26(18,3)21(20)10-12-27(22,25)4/h16-25,29H,5-15H2,1-4H3/t16-,17+,18+,19+,20-,21+,22+,23+,24+,25+,26+,27+/m1/s1. The van der Waals surface area contributed by atoms with Crippen molar-refractivity contribution in [2.75, 3.05) is 6.54 Å². The molecule has 0 aromatic rings. The fourth-order valence-electron chi connectivity index (χ4n) is 11.0. The van der Waals surface area contributed by atoms with Crippen LogP contribution in [0.25, 0.3) is 0 Å². The average molecular weight is 400 g/mol. The molecule has 2 heteroatoms. The van der Waals surface area contributed by atoms with E-state index >= 15 is 0 Å². The molecule has 0 unspecified atom stereocenters. The SMILES string of the molecule is C[C@@H]1CC[C@H]2[C@H](C)[C@H]3[C@H](C[C@H]4[C@@H]5CC[C@H]6C[C@@H](O)CC[C@]6(C)[C@H]5CC[C@]34C)N2C1. The molecule has 4 aliphatic carbocycles. The zero-order valence-corrected chi connectivity index (χ0v) is 19.4. The van der Waals surface area contributed by atoms with Crippen molar-refractivity contribution in [3.63, 3.8) is 0 Å². The molecule has 6 aliphatic rings. The van der Waals surface area contributed by atoms with Crippen LogP contribution in [0.2, 0.25) is 0 Å². The average Bonchev–Trinajstić information content (AvgIpc) is 3.15. The van der Waals surface area contributed by atoms with Crippen molar-refractivity contribution in [3.05, 3.63) is 0 Å². The Bertz CT molecular complexity index is 663. The summed E-state index contributed by atoms with van der Waals surface area (Å²) >= 11 is 0. The smallest absolute Gasteiger partial charge is 0.0543 e. The quantitative estimate of drug-likeness (QED) is 0.562. The first kappa shape index (κ1) is 19.6. The summed E-state index contributed by atoms with van der Waals surface area (Å²) in [5.74, 6) is 6.47. The zero-order chi connectivity index (χ0) is 20.1. The zero-order valence-electron chi connectivity index (χ0n) is 19.4. The third-order valence-corrected chi connectivity index (χ3v) is 12.3. The van der Waals surface area contributed by atoms with E-state index in [1.807, 2.05) is 0 Å². The lowest BCUT2D eigenvalue weighted by Crippen LogP contribution is -2.54. The van der Waals surface area contributed by atoms with Crippen LogP contribution in [0.15, 0.2) is 0 Å². The summed E-state index contributed by atoms with van der Waals surface area (Å²) in [4.78, 5) is 3.03. The second-order valence-electron chi connectivity index (χ2n) is 13.3. The maximum absolute atomic E-state index is 10.3. The summed E-state index contributed by atoms with van der Waals surface area (Å²) < 4.78 is 0. The van der Waals surface area contributed by atoms with Gasteiger partial charge < -0.3 is 5.11 Å². The summed E-state index contributed by atoms with van der Waals surface area (Å²) in [6.07, 6.45) is 13.7. The summed E-state index contributed by atoms with van der Waals surface area (Å²) in [5.41, 5.74) is 1.12. The lowest BCUT2D eigenvalue weighted by molar-refractivity contribution is -0.129. The van der Waals surface area contributed by atoms with Gasteiger partial charge >= 0.3 is 0 Å². The highest BCUT2D eigenvalue weighted by Gasteiger charge is 2.66. The maximum Gasteiger partial charge on any atom is 0.0543 e. The van der Waals surface area contributed by atoms with Gasteiger partial charge in [0.05, 0.1) is 6.10 Å². The summed E-state index contributed by atoms with van der Waals surface area (Å²) in [5, 5.41) is 10.3. The lowest BCUT2D eigenvalue weighted by atomic mass is 9.44. The molecule has 0 spiro atoms. The van der Waals surface area contributed by atoms with Crippen LogP contribution in [0.1, 0.15) is 91.9 Å². The van der Waals surface area contributed by atoms with Crippen LogP contribution in [0.3, 0.4) is 0 Å². The Kier molecular flexibility index (Phi) is 4.37. The molecule has 2 heterocycles. The molecule has 0 aromatic heterocycles. The molecule has 2 nitrogen and oxygen atoms in total. The Balaban J connectivity index is 1.30. The molecule has 0 radical (unpaired) electrons. The highest BCUT2D eigenvalue weighted by molar-refractivity contribution is 5.17. The highest BCUT2D eigenvalue weighted by atomic mass is 16.3. The van der Waals surface area contributed by atoms with Gasteiger partial charge in [-0.1, -0.05) is 27.7 Å². The number of piperidine rings is 1. The Hall–Kier alpha value is -0.0800. The van der Waals surface area contributed by atoms with Crippen molar-refractivity contribution in [1.82, 2.24) is 4.90 Å². The summed E-state index contributed by atoms with van der Waals surface area (Å²) in [6, 6.07) is 1.79. The van der Waals surface area contributed by atoms with Gasteiger partial charge in [-0.15, -0.1) is 0 Å². The number of hydrogen-bond donors (Lipinski definition) is 1. The van der Waals surface area contributed by atoms with Crippen LogP contribution < -0.4 is 0 Å². The van der Waals surface area contributed by atoms with E-state index in [0.29, 0.717) is 10.8 Å². The number of aliphatic hydroxyl groups excluding tert-OH is 1. The van der Waals surface area contributed by atoms with Crippen LogP contribution in [0.4, 0.5) is 0 Å². The Morgan fingerprint density at radius 2 is 1.59 bits per heavy atom. The molecule has 2 saturated heterocycles. The van der Waals surface area contributed by atoms with Crippen LogP contribution >= 0.6 is 0 Å². The fourth-order valence-corrected chi connectivity index (χ4v) is 11.0. The molecule has 12 atom stereocenters. The topological polar surface area (TPSA) is 23.5 Å². The van der Waals surface area contributed by atoms with Crippen molar-refractivity contribution in [2.24, 2.45) is 52.3 Å². The van der Waals surface area contributed by atoms with Crippen molar-refractivity contribution in [2.45, 2.75) is 110 Å². The van der Waals surface area contributed by atoms with E-state index in [4.69, 9.17) is 0 Å². The van der Waals surface area contributed by atoms with Crippen molar-refractivity contribution in [1.29, 1.82) is 0 Å². The number of nitrogens with zero attached hydrogens (tertiary/aromatic N) is 1. The van der Waals surface area contributed by atoms with Crippen molar-refractivity contribution >= 4 is 0 Å². The van der Waals surface area contributed by atoms with Gasteiger partial charge in [0.25, 0.3) is 0 Å². The second kappa shape index (κ2) is 6.47. The van der Waals surface area contributed by atoms with Crippen LogP contribution in [0, 0.1) is 52.3 Å². The minimum atomic E-state index is -0.0109. The normalized spacial score (nSPS) is 62.0. The van der Waals surface area contributed by atoms with E-state index in [1.165, 1.54) is 57.9 Å². The third kappa shape index (κ3) is 2.54. The van der Waals surface area contributed by atoms with Gasteiger partial charge in [0, 0.05) is 18.6 Å². The minimum absolute atomic E-state index is 0.0109. The number of fused-ring (bicyclic) bond motifs is 9. The molecule has 1 N–H and O–H groups in total. The molecular weight excluding hydrogens is 354 g/mol.